The molecule has 4 aliphatic rings. The third-order valence-electron chi connectivity index (χ3n) is 7.51. The zero-order valence-corrected chi connectivity index (χ0v) is 23.2. The fourth-order valence-corrected chi connectivity index (χ4v) is 6.62. The normalized spacial score (nSPS) is 31.1. The van der Waals surface area contributed by atoms with Gasteiger partial charge in [-0.3, -0.25) is 19.1 Å². The lowest BCUT2D eigenvalue weighted by Crippen LogP contribution is -2.59. The zero-order valence-electron chi connectivity index (χ0n) is 22.4. The second-order valence-corrected chi connectivity index (χ2v) is 13.8. The Morgan fingerprint density at radius 3 is 2.50 bits per heavy atom. The molecule has 4 unspecified atom stereocenters. The number of amides is 4. The minimum Gasteiger partial charge on any atom is -0.444 e. The van der Waals surface area contributed by atoms with Crippen LogP contribution in [0.5, 0.6) is 0 Å². The lowest BCUT2D eigenvalue weighted by Gasteiger charge is -2.30. The first-order chi connectivity index (χ1) is 17.8. The minimum absolute atomic E-state index is 0.0586. The highest BCUT2D eigenvalue weighted by Gasteiger charge is 2.62. The van der Waals surface area contributed by atoms with Crippen molar-refractivity contribution in [3.05, 3.63) is 0 Å². The van der Waals surface area contributed by atoms with Gasteiger partial charge in [-0.15, -0.1) is 0 Å². The summed E-state index contributed by atoms with van der Waals surface area (Å²) in [6.45, 7) is 5.79. The topological polar surface area (TPSA) is 160 Å². The van der Waals surface area contributed by atoms with E-state index >= 15 is 0 Å². The Labute approximate surface area is 224 Å². The number of alkyl carbamates (subject to hydrolysis) is 1. The molecule has 2 saturated heterocycles. The molecule has 4 amide bonds. The molecule has 2 aliphatic carbocycles. The quantitative estimate of drug-likeness (QED) is 0.461. The molecule has 13 heteroatoms. The van der Waals surface area contributed by atoms with Gasteiger partial charge in [0.05, 0.1) is 11.9 Å². The molecule has 0 aromatic heterocycles. The summed E-state index contributed by atoms with van der Waals surface area (Å²) in [4.78, 5) is 54.1. The molecule has 0 aromatic rings. The van der Waals surface area contributed by atoms with E-state index in [-0.39, 0.29) is 12.5 Å². The van der Waals surface area contributed by atoms with Gasteiger partial charge in [-0.2, -0.15) is 0 Å². The van der Waals surface area contributed by atoms with Gasteiger partial charge in [0.1, 0.15) is 23.2 Å². The largest absolute Gasteiger partial charge is 0.444 e. The van der Waals surface area contributed by atoms with Gasteiger partial charge in [0, 0.05) is 13.2 Å². The summed E-state index contributed by atoms with van der Waals surface area (Å²) in [5.41, 5.74) is -2.06. The van der Waals surface area contributed by atoms with Crippen molar-refractivity contribution in [3.8, 4) is 0 Å². The third kappa shape index (κ3) is 6.77. The molecule has 4 fully saturated rings. The van der Waals surface area contributed by atoms with Crippen LogP contribution in [0.4, 0.5) is 4.79 Å². The van der Waals surface area contributed by atoms with E-state index in [1.54, 1.807) is 20.8 Å². The second kappa shape index (κ2) is 11.0. The molecule has 214 valence electrons. The maximum atomic E-state index is 13.5. The SMILES string of the molecule is CC(C)(C)OC(=O)NC1COCCCCCC2CC2(C(=O)NS(=O)(=O)C2CC2)NC(=O)C2CCCN2C1=O. The highest BCUT2D eigenvalue weighted by Crippen LogP contribution is 2.48. The van der Waals surface area contributed by atoms with E-state index in [0.29, 0.717) is 58.1 Å². The average molecular weight is 557 g/mol. The van der Waals surface area contributed by atoms with Gasteiger partial charge in [0.2, 0.25) is 21.8 Å². The Morgan fingerprint density at radius 2 is 1.82 bits per heavy atom. The van der Waals surface area contributed by atoms with Gasteiger partial charge in [0.15, 0.2) is 0 Å². The third-order valence-corrected chi connectivity index (χ3v) is 9.33. The molecule has 2 saturated carbocycles. The number of fused-ring (bicyclic) bond motifs is 2. The number of sulfonamides is 1. The van der Waals surface area contributed by atoms with E-state index in [0.717, 1.165) is 12.8 Å². The van der Waals surface area contributed by atoms with Crippen molar-refractivity contribution in [2.75, 3.05) is 19.8 Å². The van der Waals surface area contributed by atoms with E-state index < -0.39 is 62.3 Å². The Bertz CT molecular complexity index is 1050. The molecular weight excluding hydrogens is 516 g/mol. The molecule has 12 nitrogen and oxygen atoms in total. The average Bonchev–Trinajstić information content (AvgIpc) is 3.72. The summed E-state index contributed by atoms with van der Waals surface area (Å²) in [6.07, 6.45) is 4.55. The predicted octanol–water partition coefficient (Wildman–Crippen LogP) is 0.945. The van der Waals surface area contributed by atoms with Crippen molar-refractivity contribution in [2.24, 2.45) is 5.92 Å². The Hall–Kier alpha value is -2.41. The van der Waals surface area contributed by atoms with Crippen LogP contribution in [-0.2, 0) is 33.9 Å². The molecule has 0 bridgehead atoms. The van der Waals surface area contributed by atoms with E-state index in [9.17, 15) is 27.6 Å². The molecule has 0 radical (unpaired) electrons. The summed E-state index contributed by atoms with van der Waals surface area (Å²) in [5.74, 6) is -1.84. The molecule has 4 atom stereocenters. The molecule has 38 heavy (non-hydrogen) atoms. The maximum absolute atomic E-state index is 13.5. The molecule has 2 heterocycles. The second-order valence-electron chi connectivity index (χ2n) is 11.8. The van der Waals surface area contributed by atoms with Gasteiger partial charge < -0.3 is 25.0 Å². The summed E-state index contributed by atoms with van der Waals surface area (Å²) >= 11 is 0. The molecule has 0 spiro atoms. The minimum atomic E-state index is -3.77. The number of nitrogens with one attached hydrogen (secondary N) is 3. The number of carbonyl (C=O) groups excluding carboxylic acids is 4. The molecular formula is C25H40N4O8S. The van der Waals surface area contributed by atoms with Crippen LogP contribution in [0.3, 0.4) is 0 Å². The van der Waals surface area contributed by atoms with Crippen molar-refractivity contribution in [1.29, 1.82) is 0 Å². The van der Waals surface area contributed by atoms with Gasteiger partial charge in [-0.05, 0) is 71.6 Å². The summed E-state index contributed by atoms with van der Waals surface area (Å²) in [5, 5.41) is 4.87. The van der Waals surface area contributed by atoms with Crippen LogP contribution >= 0.6 is 0 Å². The standard InChI is InChI=1S/C25H40N4O8S/c1-24(2,3)37-23(33)26-18-15-36-13-6-4-5-8-16-14-25(16,22(32)28-38(34,35)17-10-11-17)27-20(30)19-9-7-12-29(19)21(18)31/h16-19H,4-15H2,1-3H3,(H,26,33)(H,27,30)(H,28,32). The summed E-state index contributed by atoms with van der Waals surface area (Å²) in [6, 6.07) is -1.89. The number of hydrogen-bond donors (Lipinski definition) is 3. The van der Waals surface area contributed by atoms with Crippen molar-refractivity contribution in [3.63, 3.8) is 0 Å². The molecule has 3 N–H and O–H groups in total. The monoisotopic (exact) mass is 556 g/mol. The van der Waals surface area contributed by atoms with Crippen LogP contribution in [-0.4, -0.2) is 85.4 Å². The highest BCUT2D eigenvalue weighted by atomic mass is 32.2. The van der Waals surface area contributed by atoms with E-state index in [4.69, 9.17) is 9.47 Å². The van der Waals surface area contributed by atoms with Crippen LogP contribution < -0.4 is 15.4 Å². The Balaban J connectivity index is 1.52. The fourth-order valence-electron chi connectivity index (χ4n) is 5.25. The van der Waals surface area contributed by atoms with Gasteiger partial charge >= 0.3 is 6.09 Å². The predicted molar refractivity (Wildman–Crippen MR) is 136 cm³/mol. The van der Waals surface area contributed by atoms with Crippen LogP contribution in [0.2, 0.25) is 0 Å². The number of hydrogen-bond acceptors (Lipinski definition) is 8. The van der Waals surface area contributed by atoms with Crippen LogP contribution in [0.1, 0.15) is 78.6 Å². The number of rotatable bonds is 4. The molecule has 4 rings (SSSR count). The summed E-state index contributed by atoms with van der Waals surface area (Å²) < 4.78 is 38.2. The zero-order chi connectivity index (χ0) is 27.7. The first-order valence-corrected chi connectivity index (χ1v) is 15.1. The lowest BCUT2D eigenvalue weighted by atomic mass is 10.1. The number of carbonyl (C=O) groups is 4. The lowest BCUT2D eigenvalue weighted by molar-refractivity contribution is -0.142. The first-order valence-electron chi connectivity index (χ1n) is 13.6. The molecule has 0 aromatic carbocycles. The van der Waals surface area contributed by atoms with Gasteiger partial charge in [-0.1, -0.05) is 12.8 Å². The number of ether oxygens (including phenoxy) is 2. The Kier molecular flexibility index (Phi) is 8.27. The van der Waals surface area contributed by atoms with Crippen molar-refractivity contribution in [2.45, 2.75) is 107 Å². The van der Waals surface area contributed by atoms with Crippen molar-refractivity contribution in [1.82, 2.24) is 20.3 Å². The number of nitrogens with zero attached hydrogens (tertiary/aromatic N) is 1. The maximum Gasteiger partial charge on any atom is 0.408 e. The smallest absolute Gasteiger partial charge is 0.408 e. The van der Waals surface area contributed by atoms with Crippen molar-refractivity contribution < 1.29 is 37.1 Å². The van der Waals surface area contributed by atoms with E-state index in [1.165, 1.54) is 4.90 Å². The van der Waals surface area contributed by atoms with E-state index in [2.05, 4.69) is 15.4 Å². The van der Waals surface area contributed by atoms with Gasteiger partial charge in [-0.25, -0.2) is 13.2 Å². The highest BCUT2D eigenvalue weighted by molar-refractivity contribution is 7.91. The van der Waals surface area contributed by atoms with Crippen LogP contribution in [0.25, 0.3) is 0 Å². The van der Waals surface area contributed by atoms with Gasteiger partial charge in [0.25, 0.3) is 5.91 Å². The van der Waals surface area contributed by atoms with Crippen molar-refractivity contribution >= 4 is 33.8 Å². The Morgan fingerprint density at radius 1 is 1.08 bits per heavy atom. The van der Waals surface area contributed by atoms with Crippen LogP contribution in [0.15, 0.2) is 0 Å². The van der Waals surface area contributed by atoms with E-state index in [1.807, 2.05) is 0 Å². The fraction of sp³-hybridized carbons (Fsp3) is 0.840. The van der Waals surface area contributed by atoms with Crippen LogP contribution in [0, 0.1) is 5.92 Å². The molecule has 2 aliphatic heterocycles. The summed E-state index contributed by atoms with van der Waals surface area (Å²) in [7, 11) is -3.77. The first kappa shape index (κ1) is 28.6.